The van der Waals surface area contributed by atoms with E-state index in [0.717, 1.165) is 13.0 Å². The average molecular weight is 308 g/mol. The maximum Gasteiger partial charge on any atom is 0.337 e. The number of anilines is 1. The molecule has 7 heteroatoms. The summed E-state index contributed by atoms with van der Waals surface area (Å²) in [4.78, 5) is 35.9. The van der Waals surface area contributed by atoms with Crippen LogP contribution in [0.4, 0.5) is 5.69 Å². The molecule has 1 aromatic carbocycles. The summed E-state index contributed by atoms with van der Waals surface area (Å²) in [5.74, 6) is -1.87. The summed E-state index contributed by atoms with van der Waals surface area (Å²) in [5, 5.41) is 5.03. The second-order valence-electron chi connectivity index (χ2n) is 5.09. The van der Waals surface area contributed by atoms with E-state index in [4.69, 9.17) is 0 Å². The van der Waals surface area contributed by atoms with Gasteiger partial charge in [-0.15, -0.1) is 0 Å². The number of esters is 1. The molecule has 0 aliphatic carbocycles. The Balaban J connectivity index is 2.43. The van der Waals surface area contributed by atoms with E-state index in [1.807, 2.05) is 14.1 Å². The number of carbonyl (C=O) groups is 3. The van der Waals surface area contributed by atoms with Crippen LogP contribution in [0.5, 0.6) is 0 Å². The van der Waals surface area contributed by atoms with Gasteiger partial charge in [0, 0.05) is 18.7 Å². The van der Waals surface area contributed by atoms with Gasteiger partial charge in [-0.25, -0.2) is 4.79 Å². The Morgan fingerprint density at radius 3 is 2.27 bits per heavy atom. The molecular weight excluding hydrogens is 286 g/mol. The second kappa shape index (κ2) is 8.78. The highest BCUT2D eigenvalue weighted by Crippen LogP contribution is 2.10. The Hall–Kier alpha value is -2.41. The van der Waals surface area contributed by atoms with Crippen molar-refractivity contribution in [2.24, 2.45) is 0 Å². The van der Waals surface area contributed by atoms with Crippen molar-refractivity contribution in [3.05, 3.63) is 29.8 Å². The van der Waals surface area contributed by atoms with Crippen LogP contribution >= 0.6 is 0 Å². The molecule has 120 valence electrons. The SMILES string of the molecule is COC(=O)c1ccc(NC(=O)C(=O)NCCC[NH+](C)C)cc1. The third-order valence-corrected chi connectivity index (χ3v) is 2.91. The van der Waals surface area contributed by atoms with Crippen molar-refractivity contribution in [2.75, 3.05) is 39.6 Å². The number of benzene rings is 1. The van der Waals surface area contributed by atoms with E-state index in [9.17, 15) is 14.4 Å². The van der Waals surface area contributed by atoms with Gasteiger partial charge < -0.3 is 20.3 Å². The molecule has 0 fully saturated rings. The largest absolute Gasteiger partial charge is 0.465 e. The molecule has 0 saturated carbocycles. The molecule has 0 bridgehead atoms. The normalized spacial score (nSPS) is 10.2. The van der Waals surface area contributed by atoms with E-state index in [2.05, 4.69) is 15.4 Å². The molecule has 3 N–H and O–H groups in total. The summed E-state index contributed by atoms with van der Waals surface area (Å²) >= 11 is 0. The minimum absolute atomic E-state index is 0.371. The molecule has 0 unspecified atom stereocenters. The number of hydrogen-bond donors (Lipinski definition) is 3. The van der Waals surface area contributed by atoms with Crippen LogP contribution in [0.2, 0.25) is 0 Å². The lowest BCUT2D eigenvalue weighted by atomic mass is 10.2. The van der Waals surface area contributed by atoms with Crippen LogP contribution in [0.3, 0.4) is 0 Å². The third-order valence-electron chi connectivity index (χ3n) is 2.91. The van der Waals surface area contributed by atoms with E-state index in [1.54, 1.807) is 0 Å². The van der Waals surface area contributed by atoms with Crippen molar-refractivity contribution < 1.29 is 24.0 Å². The fourth-order valence-corrected chi connectivity index (χ4v) is 1.72. The van der Waals surface area contributed by atoms with Crippen LogP contribution in [0.15, 0.2) is 24.3 Å². The molecular formula is C15H22N3O4+. The maximum atomic E-state index is 11.7. The number of quaternary nitrogens is 1. The number of hydrogen-bond acceptors (Lipinski definition) is 4. The van der Waals surface area contributed by atoms with Gasteiger partial charge in [0.25, 0.3) is 0 Å². The summed E-state index contributed by atoms with van der Waals surface area (Å²) in [7, 11) is 5.33. The van der Waals surface area contributed by atoms with Crippen LogP contribution in [-0.4, -0.2) is 52.1 Å². The fraction of sp³-hybridized carbons (Fsp3) is 0.400. The zero-order valence-corrected chi connectivity index (χ0v) is 13.1. The first-order valence-electron chi connectivity index (χ1n) is 7.00. The topological polar surface area (TPSA) is 88.9 Å². The van der Waals surface area contributed by atoms with Gasteiger partial charge in [0.2, 0.25) is 0 Å². The zero-order valence-electron chi connectivity index (χ0n) is 13.1. The smallest absolute Gasteiger partial charge is 0.337 e. The summed E-state index contributed by atoms with van der Waals surface area (Å²) in [6, 6.07) is 6.10. The number of rotatable bonds is 6. The highest BCUT2D eigenvalue weighted by atomic mass is 16.5. The molecule has 2 amide bonds. The summed E-state index contributed by atoms with van der Waals surface area (Å²) in [6.07, 6.45) is 0.801. The highest BCUT2D eigenvalue weighted by molar-refractivity contribution is 6.39. The van der Waals surface area contributed by atoms with Crippen molar-refractivity contribution in [1.82, 2.24) is 5.32 Å². The molecule has 0 aliphatic rings. The molecule has 0 aliphatic heterocycles. The molecule has 0 atom stereocenters. The molecule has 0 saturated heterocycles. The molecule has 0 radical (unpaired) electrons. The van der Waals surface area contributed by atoms with Crippen molar-refractivity contribution in [3.63, 3.8) is 0 Å². The van der Waals surface area contributed by atoms with Crippen LogP contribution in [0.25, 0.3) is 0 Å². The van der Waals surface area contributed by atoms with Gasteiger partial charge in [0.1, 0.15) is 0 Å². The summed E-state index contributed by atoms with van der Waals surface area (Å²) < 4.78 is 4.57. The number of carbonyl (C=O) groups excluding carboxylic acids is 3. The zero-order chi connectivity index (χ0) is 16.5. The monoisotopic (exact) mass is 308 g/mol. The highest BCUT2D eigenvalue weighted by Gasteiger charge is 2.13. The van der Waals surface area contributed by atoms with Gasteiger partial charge in [-0.1, -0.05) is 0 Å². The van der Waals surface area contributed by atoms with Gasteiger partial charge >= 0.3 is 17.8 Å². The molecule has 1 rings (SSSR count). The number of ether oxygens (including phenoxy) is 1. The molecule has 0 heterocycles. The lowest BCUT2D eigenvalue weighted by Gasteiger charge is -2.08. The van der Waals surface area contributed by atoms with E-state index in [1.165, 1.54) is 36.3 Å². The molecule has 7 nitrogen and oxygen atoms in total. The van der Waals surface area contributed by atoms with Crippen molar-refractivity contribution in [1.29, 1.82) is 0 Å². The van der Waals surface area contributed by atoms with Crippen LogP contribution in [0.1, 0.15) is 16.8 Å². The Labute approximate surface area is 129 Å². The van der Waals surface area contributed by atoms with E-state index in [-0.39, 0.29) is 0 Å². The van der Waals surface area contributed by atoms with Gasteiger partial charge in [0.05, 0.1) is 33.3 Å². The lowest BCUT2D eigenvalue weighted by Crippen LogP contribution is -3.05. The first kappa shape index (κ1) is 17.6. The van der Waals surface area contributed by atoms with Gasteiger partial charge in [-0.05, 0) is 24.3 Å². The van der Waals surface area contributed by atoms with Crippen molar-refractivity contribution in [3.8, 4) is 0 Å². The van der Waals surface area contributed by atoms with Crippen LogP contribution in [0, 0.1) is 0 Å². The van der Waals surface area contributed by atoms with Crippen LogP contribution in [-0.2, 0) is 14.3 Å². The number of methoxy groups -OCH3 is 1. The third kappa shape index (κ3) is 5.92. The molecule has 22 heavy (non-hydrogen) atoms. The molecule has 0 aromatic heterocycles. The fourth-order valence-electron chi connectivity index (χ4n) is 1.72. The predicted molar refractivity (Wildman–Crippen MR) is 81.7 cm³/mol. The number of nitrogens with one attached hydrogen (secondary N) is 3. The first-order valence-corrected chi connectivity index (χ1v) is 7.00. The maximum absolute atomic E-state index is 11.7. The Morgan fingerprint density at radius 2 is 1.73 bits per heavy atom. The molecule has 0 spiro atoms. The van der Waals surface area contributed by atoms with Crippen LogP contribution < -0.4 is 15.5 Å². The average Bonchev–Trinajstić information content (AvgIpc) is 2.51. The quantitative estimate of drug-likeness (QED) is 0.360. The Kier molecular flexibility index (Phi) is 7.04. The van der Waals surface area contributed by atoms with Crippen molar-refractivity contribution in [2.45, 2.75) is 6.42 Å². The minimum Gasteiger partial charge on any atom is -0.465 e. The van der Waals surface area contributed by atoms with Crippen molar-refractivity contribution >= 4 is 23.5 Å². The van der Waals surface area contributed by atoms with E-state index >= 15 is 0 Å². The summed E-state index contributed by atoms with van der Waals surface area (Å²) in [6.45, 7) is 1.37. The van der Waals surface area contributed by atoms with Gasteiger partial charge in [-0.2, -0.15) is 0 Å². The van der Waals surface area contributed by atoms with E-state index < -0.39 is 17.8 Å². The molecule has 1 aromatic rings. The Morgan fingerprint density at radius 1 is 1.09 bits per heavy atom. The van der Waals surface area contributed by atoms with Gasteiger partial charge in [0.15, 0.2) is 0 Å². The first-order chi connectivity index (χ1) is 10.4. The Bertz CT molecular complexity index is 526. The summed E-state index contributed by atoms with van der Waals surface area (Å²) in [5.41, 5.74) is 0.807. The number of amides is 2. The second-order valence-corrected chi connectivity index (χ2v) is 5.09. The minimum atomic E-state index is -0.733. The predicted octanol–water partition coefficient (Wildman–Crippen LogP) is -0.937. The standard InChI is InChI=1S/C15H21N3O4/c1-18(2)10-4-9-16-13(19)14(20)17-12-7-5-11(6-8-12)15(21)22-3/h5-8H,4,9-10H2,1-3H3,(H,16,19)(H,17,20)/p+1. The lowest BCUT2D eigenvalue weighted by molar-refractivity contribution is -0.858. The van der Waals surface area contributed by atoms with E-state index in [0.29, 0.717) is 17.8 Å². The van der Waals surface area contributed by atoms with Gasteiger partial charge in [-0.3, -0.25) is 9.59 Å².